The summed E-state index contributed by atoms with van der Waals surface area (Å²) in [6, 6.07) is 0. The van der Waals surface area contributed by atoms with E-state index in [2.05, 4.69) is 32.4 Å². The van der Waals surface area contributed by atoms with Gasteiger partial charge in [-0.3, -0.25) is 14.8 Å². The van der Waals surface area contributed by atoms with Crippen molar-refractivity contribution in [2.45, 2.75) is 32.2 Å². The minimum atomic E-state index is -0.0802. The lowest BCUT2D eigenvalue weighted by atomic mass is 9.85. The molecule has 3 rings (SSSR count). The van der Waals surface area contributed by atoms with E-state index in [1.54, 1.807) is 0 Å². The lowest BCUT2D eigenvalue weighted by Crippen LogP contribution is -2.62. The van der Waals surface area contributed by atoms with E-state index in [-0.39, 0.29) is 11.4 Å². The molecular formula is C17H29N5O2. The number of nitrogens with zero attached hydrogens (tertiary/aromatic N) is 3. The van der Waals surface area contributed by atoms with Crippen LogP contribution in [0.15, 0.2) is 0 Å². The molecule has 0 saturated carbocycles. The number of H-pyrrole nitrogens is 1. The molecule has 0 spiro atoms. The van der Waals surface area contributed by atoms with E-state index in [1.807, 2.05) is 13.8 Å². The lowest BCUT2D eigenvalue weighted by molar-refractivity contribution is -0.0439. The highest BCUT2D eigenvalue weighted by atomic mass is 16.5. The zero-order valence-electron chi connectivity index (χ0n) is 15.0. The molecule has 1 aromatic heterocycles. The van der Waals surface area contributed by atoms with Gasteiger partial charge in [-0.05, 0) is 46.8 Å². The summed E-state index contributed by atoms with van der Waals surface area (Å²) >= 11 is 0. The summed E-state index contributed by atoms with van der Waals surface area (Å²) in [5.41, 5.74) is 2.42. The van der Waals surface area contributed by atoms with Crippen molar-refractivity contribution in [2.24, 2.45) is 0 Å². The molecule has 2 aliphatic heterocycles. The maximum absolute atomic E-state index is 12.6. The Kier molecular flexibility index (Phi) is 5.22. The summed E-state index contributed by atoms with van der Waals surface area (Å²) in [4.78, 5) is 17.4. The molecule has 2 N–H and O–H groups in total. The molecular weight excluding hydrogens is 306 g/mol. The number of carbonyl (C=O) groups excluding carboxylic acids is 1. The molecule has 1 aromatic rings. The molecule has 2 aliphatic rings. The van der Waals surface area contributed by atoms with Crippen LogP contribution in [0.1, 0.15) is 34.6 Å². The number of aryl methyl sites for hydroxylation is 1. The van der Waals surface area contributed by atoms with Crippen LogP contribution in [-0.2, 0) is 4.74 Å². The number of piperidine rings is 1. The standard InChI is InChI=1S/C17H29N5O2/c1-13-14(2)19-20-15(13)16(23)18-12-17(4-6-21(3)7-5-17)22-8-10-24-11-9-22/h4-12H2,1-3H3,(H,18,23)(H,19,20). The molecule has 1 amide bonds. The van der Waals surface area contributed by atoms with Crippen molar-refractivity contribution in [3.05, 3.63) is 17.0 Å². The molecule has 7 heteroatoms. The number of likely N-dealkylation sites (tertiary alicyclic amines) is 1. The molecule has 0 unspecified atom stereocenters. The van der Waals surface area contributed by atoms with E-state index in [0.717, 1.165) is 63.5 Å². The number of nitrogens with one attached hydrogen (secondary N) is 2. The topological polar surface area (TPSA) is 73.5 Å². The number of rotatable bonds is 4. The number of aromatic nitrogens is 2. The smallest absolute Gasteiger partial charge is 0.272 e. The lowest BCUT2D eigenvalue weighted by Gasteiger charge is -2.49. The number of hydrogen-bond donors (Lipinski definition) is 2. The Morgan fingerprint density at radius 3 is 2.50 bits per heavy atom. The van der Waals surface area contributed by atoms with Gasteiger partial charge in [0.05, 0.1) is 13.2 Å². The van der Waals surface area contributed by atoms with Gasteiger partial charge in [0.1, 0.15) is 0 Å². The monoisotopic (exact) mass is 335 g/mol. The first-order chi connectivity index (χ1) is 11.5. The van der Waals surface area contributed by atoms with Crippen molar-refractivity contribution >= 4 is 5.91 Å². The van der Waals surface area contributed by atoms with Crippen LogP contribution in [0.4, 0.5) is 0 Å². The van der Waals surface area contributed by atoms with Crippen LogP contribution in [0, 0.1) is 13.8 Å². The van der Waals surface area contributed by atoms with E-state index in [4.69, 9.17) is 4.74 Å². The fourth-order valence-corrected chi connectivity index (χ4v) is 3.71. The van der Waals surface area contributed by atoms with Gasteiger partial charge in [0.25, 0.3) is 5.91 Å². The highest BCUT2D eigenvalue weighted by Gasteiger charge is 2.40. The largest absolute Gasteiger partial charge is 0.379 e. The summed E-state index contributed by atoms with van der Waals surface area (Å²) in [5, 5.41) is 10.2. The first kappa shape index (κ1) is 17.4. The number of aromatic amines is 1. The fourth-order valence-electron chi connectivity index (χ4n) is 3.71. The Balaban J connectivity index is 1.70. The molecule has 2 fully saturated rings. The first-order valence-electron chi connectivity index (χ1n) is 8.83. The summed E-state index contributed by atoms with van der Waals surface area (Å²) in [5.74, 6) is -0.0802. The van der Waals surface area contributed by atoms with Crippen LogP contribution >= 0.6 is 0 Å². The third-order valence-electron chi connectivity index (χ3n) is 5.65. The summed E-state index contributed by atoms with van der Waals surface area (Å²) < 4.78 is 5.52. The minimum Gasteiger partial charge on any atom is -0.379 e. The van der Waals surface area contributed by atoms with E-state index >= 15 is 0 Å². The summed E-state index contributed by atoms with van der Waals surface area (Å²) in [6.45, 7) is 10.1. The number of morpholine rings is 1. The van der Waals surface area contributed by atoms with Crippen LogP contribution < -0.4 is 5.32 Å². The highest BCUT2D eigenvalue weighted by molar-refractivity contribution is 5.93. The molecule has 0 atom stereocenters. The van der Waals surface area contributed by atoms with Gasteiger partial charge >= 0.3 is 0 Å². The van der Waals surface area contributed by atoms with Crippen LogP contribution in [0.3, 0.4) is 0 Å². The predicted octanol–water partition coefficient (Wildman–Crippen LogP) is 0.553. The highest BCUT2D eigenvalue weighted by Crippen LogP contribution is 2.29. The molecule has 0 bridgehead atoms. The van der Waals surface area contributed by atoms with Gasteiger partial charge in [-0.1, -0.05) is 0 Å². The molecule has 3 heterocycles. The molecule has 0 radical (unpaired) electrons. The Morgan fingerprint density at radius 2 is 1.92 bits per heavy atom. The third-order valence-corrected chi connectivity index (χ3v) is 5.65. The summed E-state index contributed by atoms with van der Waals surface area (Å²) in [7, 11) is 2.16. The Hall–Kier alpha value is -1.44. The molecule has 24 heavy (non-hydrogen) atoms. The average molecular weight is 335 g/mol. The second kappa shape index (κ2) is 7.21. The number of hydrogen-bond acceptors (Lipinski definition) is 5. The van der Waals surface area contributed by atoms with Crippen LogP contribution in [-0.4, -0.2) is 84.4 Å². The van der Waals surface area contributed by atoms with Crippen LogP contribution in [0.5, 0.6) is 0 Å². The maximum Gasteiger partial charge on any atom is 0.272 e. The molecule has 0 aromatic carbocycles. The van der Waals surface area contributed by atoms with Crippen molar-refractivity contribution in [1.29, 1.82) is 0 Å². The second-order valence-electron chi connectivity index (χ2n) is 7.13. The van der Waals surface area contributed by atoms with Gasteiger partial charge in [-0.15, -0.1) is 0 Å². The summed E-state index contributed by atoms with van der Waals surface area (Å²) in [6.07, 6.45) is 2.14. The van der Waals surface area contributed by atoms with Crippen molar-refractivity contribution in [1.82, 2.24) is 25.3 Å². The number of ether oxygens (including phenoxy) is 1. The van der Waals surface area contributed by atoms with Gasteiger partial charge < -0.3 is 15.0 Å². The maximum atomic E-state index is 12.6. The van der Waals surface area contributed by atoms with Crippen LogP contribution in [0.25, 0.3) is 0 Å². The number of carbonyl (C=O) groups is 1. The van der Waals surface area contributed by atoms with Gasteiger partial charge in [0, 0.05) is 36.4 Å². The fraction of sp³-hybridized carbons (Fsp3) is 0.765. The van der Waals surface area contributed by atoms with Crippen molar-refractivity contribution in [3.8, 4) is 0 Å². The van der Waals surface area contributed by atoms with E-state index < -0.39 is 0 Å². The van der Waals surface area contributed by atoms with Crippen molar-refractivity contribution in [3.63, 3.8) is 0 Å². The Labute approximate surface area is 143 Å². The SMILES string of the molecule is Cc1[nH]nc(C(=O)NCC2(N3CCOCC3)CCN(C)CC2)c1C. The molecule has 7 nitrogen and oxygen atoms in total. The molecule has 2 saturated heterocycles. The Morgan fingerprint density at radius 1 is 1.25 bits per heavy atom. The van der Waals surface area contributed by atoms with Gasteiger partial charge in [-0.25, -0.2) is 0 Å². The molecule has 0 aliphatic carbocycles. The second-order valence-corrected chi connectivity index (χ2v) is 7.13. The van der Waals surface area contributed by atoms with Gasteiger partial charge in [0.2, 0.25) is 0 Å². The Bertz CT molecular complexity index is 572. The predicted molar refractivity (Wildman–Crippen MR) is 92.2 cm³/mol. The average Bonchev–Trinajstić information content (AvgIpc) is 2.94. The zero-order chi connectivity index (χ0) is 17.2. The normalized spacial score (nSPS) is 22.5. The van der Waals surface area contributed by atoms with Crippen LogP contribution in [0.2, 0.25) is 0 Å². The van der Waals surface area contributed by atoms with E-state index in [0.29, 0.717) is 12.2 Å². The molecule has 134 valence electrons. The minimum absolute atomic E-state index is 0.0329. The van der Waals surface area contributed by atoms with E-state index in [1.165, 1.54) is 0 Å². The van der Waals surface area contributed by atoms with E-state index in [9.17, 15) is 4.79 Å². The van der Waals surface area contributed by atoms with Crippen molar-refractivity contribution in [2.75, 3.05) is 53.0 Å². The number of amides is 1. The third kappa shape index (κ3) is 3.48. The quantitative estimate of drug-likeness (QED) is 0.841. The zero-order valence-corrected chi connectivity index (χ0v) is 15.0. The van der Waals surface area contributed by atoms with Gasteiger partial charge in [-0.2, -0.15) is 5.10 Å². The first-order valence-corrected chi connectivity index (χ1v) is 8.83. The van der Waals surface area contributed by atoms with Gasteiger partial charge in [0.15, 0.2) is 5.69 Å². The van der Waals surface area contributed by atoms with Crippen molar-refractivity contribution < 1.29 is 9.53 Å².